The first-order valence-corrected chi connectivity index (χ1v) is 9.53. The summed E-state index contributed by atoms with van der Waals surface area (Å²) < 4.78 is 5.67. The summed E-state index contributed by atoms with van der Waals surface area (Å²) in [6.07, 6.45) is 1.16. The lowest BCUT2D eigenvalue weighted by molar-refractivity contribution is -0.134. The zero-order chi connectivity index (χ0) is 18.4. The second kappa shape index (κ2) is 9.06. The fraction of sp³-hybridized carbons (Fsp3) is 0.381. The molecule has 1 heterocycles. The van der Waals surface area contributed by atoms with Crippen LogP contribution in [0, 0.1) is 0 Å². The summed E-state index contributed by atoms with van der Waals surface area (Å²) in [6.45, 7) is 4.88. The number of hydrogen-bond donors (Lipinski definition) is 1. The van der Waals surface area contributed by atoms with E-state index in [0.717, 1.165) is 30.0 Å². The summed E-state index contributed by atoms with van der Waals surface area (Å²) >= 11 is 6.14. The van der Waals surface area contributed by atoms with Gasteiger partial charge in [-0.1, -0.05) is 41.9 Å². The average molecular weight is 373 g/mol. The van der Waals surface area contributed by atoms with Crippen molar-refractivity contribution >= 4 is 17.5 Å². The van der Waals surface area contributed by atoms with Gasteiger partial charge in [-0.25, -0.2) is 0 Å². The minimum atomic E-state index is 0.0251. The number of carbonyl (C=O) groups is 1. The van der Waals surface area contributed by atoms with E-state index < -0.39 is 0 Å². The van der Waals surface area contributed by atoms with Crippen molar-refractivity contribution in [2.45, 2.75) is 25.8 Å². The van der Waals surface area contributed by atoms with Gasteiger partial charge < -0.3 is 15.0 Å². The van der Waals surface area contributed by atoms with Crippen LogP contribution in [0.15, 0.2) is 48.5 Å². The number of amides is 1. The van der Waals surface area contributed by atoms with Gasteiger partial charge in [-0.3, -0.25) is 4.79 Å². The molecule has 1 aliphatic heterocycles. The number of benzene rings is 2. The number of nitrogens with zero attached hydrogens (tertiary/aromatic N) is 1. The highest BCUT2D eigenvalue weighted by molar-refractivity contribution is 6.30. The molecule has 4 nitrogen and oxygen atoms in total. The maximum absolute atomic E-state index is 12.9. The predicted octanol–water partition coefficient (Wildman–Crippen LogP) is 3.84. The highest BCUT2D eigenvalue weighted by atomic mass is 35.5. The maximum atomic E-state index is 12.9. The van der Waals surface area contributed by atoms with E-state index in [-0.39, 0.29) is 11.9 Å². The van der Waals surface area contributed by atoms with Crippen molar-refractivity contribution in [1.82, 2.24) is 10.2 Å². The zero-order valence-corrected chi connectivity index (χ0v) is 15.8. The molecule has 138 valence electrons. The maximum Gasteiger partial charge on any atom is 0.223 e. The quantitative estimate of drug-likeness (QED) is 0.837. The molecule has 0 aromatic heterocycles. The number of halogens is 1. The van der Waals surface area contributed by atoms with E-state index in [2.05, 4.69) is 5.32 Å². The molecule has 2 aromatic carbocycles. The van der Waals surface area contributed by atoms with Crippen LogP contribution in [0.2, 0.25) is 5.02 Å². The number of ether oxygens (including phenoxy) is 1. The van der Waals surface area contributed by atoms with Crippen LogP contribution >= 0.6 is 11.6 Å². The third kappa shape index (κ3) is 4.57. The Bertz CT molecular complexity index is 750. The SMILES string of the molecule is CCOc1ccccc1CCC(=O)N1CCNCC1c1cccc(Cl)c1. The highest BCUT2D eigenvalue weighted by Crippen LogP contribution is 2.26. The lowest BCUT2D eigenvalue weighted by atomic mass is 10.0. The summed E-state index contributed by atoms with van der Waals surface area (Å²) in [5, 5.41) is 4.08. The lowest BCUT2D eigenvalue weighted by Crippen LogP contribution is -2.48. The molecular weight excluding hydrogens is 348 g/mol. The Hall–Kier alpha value is -2.04. The molecule has 0 aliphatic carbocycles. The van der Waals surface area contributed by atoms with Gasteiger partial charge >= 0.3 is 0 Å². The Morgan fingerprint density at radius 1 is 1.27 bits per heavy atom. The highest BCUT2D eigenvalue weighted by Gasteiger charge is 2.27. The number of hydrogen-bond acceptors (Lipinski definition) is 3. The number of carbonyl (C=O) groups excluding carboxylic acids is 1. The molecular formula is C21H25ClN2O2. The standard InChI is InChI=1S/C21H25ClN2O2/c1-2-26-20-9-4-3-6-16(20)10-11-21(25)24-13-12-23-15-19(24)17-7-5-8-18(22)14-17/h3-9,14,19,23H,2,10-13,15H2,1H3. The van der Waals surface area contributed by atoms with Crippen LogP contribution in [0.4, 0.5) is 0 Å². The van der Waals surface area contributed by atoms with Crippen molar-refractivity contribution in [3.63, 3.8) is 0 Å². The fourth-order valence-corrected chi connectivity index (χ4v) is 3.61. The molecule has 1 unspecified atom stereocenters. The van der Waals surface area contributed by atoms with Gasteiger partial charge in [0.2, 0.25) is 5.91 Å². The summed E-state index contributed by atoms with van der Waals surface area (Å²) in [7, 11) is 0. The van der Waals surface area contributed by atoms with E-state index >= 15 is 0 Å². The van der Waals surface area contributed by atoms with Gasteiger partial charge in [0, 0.05) is 31.1 Å². The first-order valence-electron chi connectivity index (χ1n) is 9.15. The second-order valence-corrected chi connectivity index (χ2v) is 6.84. The molecule has 1 atom stereocenters. The van der Waals surface area contributed by atoms with Crippen LogP contribution in [0.1, 0.15) is 30.5 Å². The molecule has 0 spiro atoms. The van der Waals surface area contributed by atoms with Crippen LogP contribution < -0.4 is 10.1 Å². The van der Waals surface area contributed by atoms with Crippen molar-refractivity contribution < 1.29 is 9.53 Å². The topological polar surface area (TPSA) is 41.6 Å². The Morgan fingerprint density at radius 3 is 2.92 bits per heavy atom. The molecule has 1 fully saturated rings. The molecule has 0 bridgehead atoms. The Kier molecular flexibility index (Phi) is 6.53. The molecule has 1 aliphatic rings. The van der Waals surface area contributed by atoms with Gasteiger partial charge in [0.1, 0.15) is 5.75 Å². The predicted molar refractivity (Wildman–Crippen MR) is 105 cm³/mol. The first kappa shape index (κ1) is 18.7. The zero-order valence-electron chi connectivity index (χ0n) is 15.1. The second-order valence-electron chi connectivity index (χ2n) is 6.40. The van der Waals surface area contributed by atoms with Crippen molar-refractivity contribution in [2.24, 2.45) is 0 Å². The average Bonchev–Trinajstić information content (AvgIpc) is 2.67. The first-order chi connectivity index (χ1) is 12.7. The van der Waals surface area contributed by atoms with E-state index in [1.165, 1.54) is 0 Å². The monoisotopic (exact) mass is 372 g/mol. The lowest BCUT2D eigenvalue weighted by Gasteiger charge is -2.36. The number of piperazine rings is 1. The summed E-state index contributed by atoms with van der Waals surface area (Å²) in [5.74, 6) is 1.04. The number of nitrogens with one attached hydrogen (secondary N) is 1. The molecule has 0 saturated carbocycles. The van der Waals surface area contributed by atoms with Gasteiger partial charge in [-0.05, 0) is 42.7 Å². The Labute approximate surface area is 160 Å². The van der Waals surface area contributed by atoms with Crippen molar-refractivity contribution in [3.05, 3.63) is 64.7 Å². The number of para-hydroxylation sites is 1. The third-order valence-corrected chi connectivity index (χ3v) is 4.91. The molecule has 1 N–H and O–H groups in total. The Morgan fingerprint density at radius 2 is 2.12 bits per heavy atom. The van der Waals surface area contributed by atoms with E-state index in [1.807, 2.05) is 60.4 Å². The van der Waals surface area contributed by atoms with Gasteiger partial charge in [0.25, 0.3) is 0 Å². The van der Waals surface area contributed by atoms with E-state index in [4.69, 9.17) is 16.3 Å². The van der Waals surface area contributed by atoms with Crippen molar-refractivity contribution in [2.75, 3.05) is 26.2 Å². The van der Waals surface area contributed by atoms with Crippen LogP contribution in [0.3, 0.4) is 0 Å². The van der Waals surface area contributed by atoms with E-state index in [0.29, 0.717) is 31.0 Å². The minimum Gasteiger partial charge on any atom is -0.494 e. The van der Waals surface area contributed by atoms with E-state index in [9.17, 15) is 4.79 Å². The number of rotatable bonds is 6. The van der Waals surface area contributed by atoms with Crippen molar-refractivity contribution in [3.8, 4) is 5.75 Å². The fourth-order valence-electron chi connectivity index (χ4n) is 3.41. The summed E-state index contributed by atoms with van der Waals surface area (Å²) in [4.78, 5) is 14.9. The summed E-state index contributed by atoms with van der Waals surface area (Å²) in [6, 6.07) is 15.7. The molecule has 1 amide bonds. The normalized spacial score (nSPS) is 17.2. The van der Waals surface area contributed by atoms with Crippen LogP contribution in [-0.4, -0.2) is 37.0 Å². The molecule has 5 heteroatoms. The third-order valence-electron chi connectivity index (χ3n) is 4.68. The molecule has 2 aromatic rings. The van der Waals surface area contributed by atoms with Gasteiger partial charge in [0.05, 0.1) is 12.6 Å². The van der Waals surface area contributed by atoms with Crippen LogP contribution in [0.25, 0.3) is 0 Å². The van der Waals surface area contributed by atoms with Gasteiger partial charge in [-0.2, -0.15) is 0 Å². The molecule has 0 radical (unpaired) electrons. The van der Waals surface area contributed by atoms with Crippen LogP contribution in [-0.2, 0) is 11.2 Å². The smallest absolute Gasteiger partial charge is 0.223 e. The van der Waals surface area contributed by atoms with Gasteiger partial charge in [0.15, 0.2) is 0 Å². The minimum absolute atomic E-state index is 0.0251. The molecule has 26 heavy (non-hydrogen) atoms. The molecule has 3 rings (SSSR count). The van der Waals surface area contributed by atoms with Gasteiger partial charge in [-0.15, -0.1) is 0 Å². The largest absolute Gasteiger partial charge is 0.494 e. The molecule has 1 saturated heterocycles. The van der Waals surface area contributed by atoms with Crippen molar-refractivity contribution in [1.29, 1.82) is 0 Å². The van der Waals surface area contributed by atoms with E-state index in [1.54, 1.807) is 0 Å². The van der Waals surface area contributed by atoms with Crippen LogP contribution in [0.5, 0.6) is 5.75 Å². The number of aryl methyl sites for hydroxylation is 1. The Balaban J connectivity index is 1.69. The summed E-state index contributed by atoms with van der Waals surface area (Å²) in [5.41, 5.74) is 2.16.